The molecule has 2 nitrogen and oxygen atoms in total. The first kappa shape index (κ1) is 38.9. The maximum Gasteiger partial charge on any atom is 0.0547 e. The van der Waals surface area contributed by atoms with E-state index in [1.54, 1.807) is 0 Å². The SMILES string of the molecule is c1ccc(-c2ccc(N(c3ccc(-c4ccccc4-c4ccc(-n5c6ccccc6c6cc7ccccc7cc65)cc4)cc3)c3cc(-c4ccccc4)cc(-c4ccccc4)c3)cc2)cc1. The first-order valence-electron chi connectivity index (χ1n) is 22.7. The van der Waals surface area contributed by atoms with E-state index in [-0.39, 0.29) is 0 Å². The molecular formula is C64H44N2. The van der Waals surface area contributed by atoms with Crippen LogP contribution in [0.25, 0.3) is 93.9 Å². The van der Waals surface area contributed by atoms with Crippen LogP contribution < -0.4 is 4.90 Å². The molecule has 0 saturated heterocycles. The van der Waals surface area contributed by atoms with Crippen LogP contribution in [0.3, 0.4) is 0 Å². The van der Waals surface area contributed by atoms with Gasteiger partial charge in [-0.15, -0.1) is 0 Å². The average Bonchev–Trinajstić information content (AvgIpc) is 3.72. The zero-order valence-electron chi connectivity index (χ0n) is 36.3. The molecule has 11 aromatic carbocycles. The number of rotatable bonds is 9. The Bertz CT molecular complexity index is 3590. The summed E-state index contributed by atoms with van der Waals surface area (Å²) in [6.45, 7) is 0. The lowest BCUT2D eigenvalue weighted by atomic mass is 9.94. The number of hydrogen-bond donors (Lipinski definition) is 0. The fraction of sp³-hybridized carbons (Fsp3) is 0. The minimum absolute atomic E-state index is 1.08. The standard InChI is InChI=1S/C64H44N2/c1-4-16-45(17-5-1)48-28-34-55(35-29-48)65(58-41-53(46-18-6-2-7-19-46)40-54(42-58)47-20-8-3-9-21-47)56-36-30-49(31-37-56)59-24-12-13-25-60(59)50-32-38-57(39-33-50)66-63-27-15-14-26-61(63)62-43-51-22-10-11-23-52(51)44-64(62)66/h1-44H. The quantitative estimate of drug-likeness (QED) is 0.141. The van der Waals surface area contributed by atoms with Gasteiger partial charge in [0.25, 0.3) is 0 Å². The third-order valence-corrected chi connectivity index (χ3v) is 13.0. The van der Waals surface area contributed by atoms with E-state index in [1.807, 2.05) is 0 Å². The Hall–Kier alpha value is -8.72. The molecule has 0 aliphatic rings. The van der Waals surface area contributed by atoms with Crippen LogP contribution in [0.2, 0.25) is 0 Å². The number of para-hydroxylation sites is 1. The lowest BCUT2D eigenvalue weighted by Gasteiger charge is -2.27. The molecule has 0 bridgehead atoms. The second-order valence-corrected chi connectivity index (χ2v) is 17.0. The first-order chi connectivity index (χ1) is 32.7. The Morgan fingerprint density at radius 1 is 0.242 bits per heavy atom. The van der Waals surface area contributed by atoms with Crippen molar-refractivity contribution in [2.24, 2.45) is 0 Å². The van der Waals surface area contributed by atoms with Crippen molar-refractivity contribution in [3.05, 3.63) is 267 Å². The molecule has 0 aliphatic heterocycles. The summed E-state index contributed by atoms with van der Waals surface area (Å²) in [5.41, 5.74) is 18.6. The lowest BCUT2D eigenvalue weighted by Crippen LogP contribution is -2.10. The van der Waals surface area contributed by atoms with Gasteiger partial charge in [0.15, 0.2) is 0 Å². The maximum absolute atomic E-state index is 2.41. The molecule has 12 rings (SSSR count). The summed E-state index contributed by atoms with van der Waals surface area (Å²) in [7, 11) is 0. The van der Waals surface area contributed by atoms with Gasteiger partial charge in [-0.3, -0.25) is 0 Å². The van der Waals surface area contributed by atoms with Gasteiger partial charge in [-0.05, 0) is 139 Å². The zero-order valence-corrected chi connectivity index (χ0v) is 36.3. The summed E-state index contributed by atoms with van der Waals surface area (Å²) < 4.78 is 2.41. The largest absolute Gasteiger partial charge is 0.310 e. The zero-order chi connectivity index (χ0) is 43.8. The van der Waals surface area contributed by atoms with Crippen molar-refractivity contribution in [3.63, 3.8) is 0 Å². The third-order valence-electron chi connectivity index (χ3n) is 13.0. The number of aromatic nitrogens is 1. The summed E-state index contributed by atoms with van der Waals surface area (Å²) >= 11 is 0. The van der Waals surface area contributed by atoms with Crippen molar-refractivity contribution in [1.82, 2.24) is 4.57 Å². The van der Waals surface area contributed by atoms with Crippen LogP contribution in [0.1, 0.15) is 0 Å². The molecule has 0 spiro atoms. The van der Waals surface area contributed by atoms with Crippen molar-refractivity contribution >= 4 is 49.6 Å². The molecule has 1 aromatic heterocycles. The molecule has 0 unspecified atom stereocenters. The van der Waals surface area contributed by atoms with Gasteiger partial charge in [-0.2, -0.15) is 0 Å². The highest BCUT2D eigenvalue weighted by Crippen LogP contribution is 2.42. The van der Waals surface area contributed by atoms with Crippen LogP contribution in [0, 0.1) is 0 Å². The summed E-state index contributed by atoms with van der Waals surface area (Å²) in [6, 6.07) is 96.9. The van der Waals surface area contributed by atoms with E-state index in [0.29, 0.717) is 0 Å². The van der Waals surface area contributed by atoms with Gasteiger partial charge in [0.1, 0.15) is 0 Å². The molecule has 0 atom stereocenters. The minimum Gasteiger partial charge on any atom is -0.310 e. The van der Waals surface area contributed by atoms with Crippen LogP contribution >= 0.6 is 0 Å². The van der Waals surface area contributed by atoms with Gasteiger partial charge in [0, 0.05) is 33.5 Å². The molecule has 2 heteroatoms. The monoisotopic (exact) mass is 840 g/mol. The number of anilines is 3. The maximum atomic E-state index is 2.41. The first-order valence-corrected chi connectivity index (χ1v) is 22.7. The van der Waals surface area contributed by atoms with Crippen molar-refractivity contribution < 1.29 is 0 Å². The van der Waals surface area contributed by atoms with E-state index < -0.39 is 0 Å². The molecule has 66 heavy (non-hydrogen) atoms. The highest BCUT2D eigenvalue weighted by atomic mass is 15.1. The molecule has 12 aromatic rings. The predicted molar refractivity (Wildman–Crippen MR) is 280 cm³/mol. The third kappa shape index (κ3) is 7.21. The Morgan fingerprint density at radius 3 is 1.23 bits per heavy atom. The van der Waals surface area contributed by atoms with Crippen LogP contribution in [0.4, 0.5) is 17.1 Å². The molecule has 1 heterocycles. The molecule has 0 amide bonds. The minimum atomic E-state index is 1.08. The summed E-state index contributed by atoms with van der Waals surface area (Å²) in [4.78, 5) is 2.39. The summed E-state index contributed by atoms with van der Waals surface area (Å²) in [5.74, 6) is 0. The molecule has 0 saturated carbocycles. The van der Waals surface area contributed by atoms with Gasteiger partial charge in [0.05, 0.1) is 11.0 Å². The van der Waals surface area contributed by atoms with Crippen LogP contribution in [-0.2, 0) is 0 Å². The summed E-state index contributed by atoms with van der Waals surface area (Å²) in [6.07, 6.45) is 0. The van der Waals surface area contributed by atoms with E-state index in [0.717, 1.165) is 28.3 Å². The van der Waals surface area contributed by atoms with E-state index >= 15 is 0 Å². The topological polar surface area (TPSA) is 8.17 Å². The van der Waals surface area contributed by atoms with Gasteiger partial charge >= 0.3 is 0 Å². The number of fused-ring (bicyclic) bond motifs is 4. The molecule has 0 radical (unpaired) electrons. The number of benzene rings is 11. The molecule has 0 N–H and O–H groups in total. The second-order valence-electron chi connectivity index (χ2n) is 17.0. The van der Waals surface area contributed by atoms with Gasteiger partial charge in [-0.1, -0.05) is 194 Å². The van der Waals surface area contributed by atoms with Crippen LogP contribution in [0.15, 0.2) is 267 Å². The molecular weight excluding hydrogens is 797 g/mol. The van der Waals surface area contributed by atoms with Gasteiger partial charge in [-0.25, -0.2) is 0 Å². The van der Waals surface area contributed by atoms with E-state index in [2.05, 4.69) is 276 Å². The van der Waals surface area contributed by atoms with Crippen molar-refractivity contribution in [1.29, 1.82) is 0 Å². The second kappa shape index (κ2) is 16.8. The molecule has 0 aliphatic carbocycles. The fourth-order valence-corrected chi connectivity index (χ4v) is 9.72. The Labute approximate surface area is 385 Å². The highest BCUT2D eigenvalue weighted by Gasteiger charge is 2.18. The normalized spacial score (nSPS) is 11.3. The van der Waals surface area contributed by atoms with Gasteiger partial charge in [0.2, 0.25) is 0 Å². The van der Waals surface area contributed by atoms with Crippen LogP contribution in [0.5, 0.6) is 0 Å². The summed E-state index contributed by atoms with van der Waals surface area (Å²) in [5, 5.41) is 5.03. The predicted octanol–water partition coefficient (Wildman–Crippen LogP) is 17.7. The lowest BCUT2D eigenvalue weighted by molar-refractivity contribution is 1.18. The van der Waals surface area contributed by atoms with Gasteiger partial charge < -0.3 is 9.47 Å². The van der Waals surface area contributed by atoms with Crippen LogP contribution in [-0.4, -0.2) is 4.57 Å². The number of nitrogens with zero attached hydrogens (tertiary/aromatic N) is 2. The Kier molecular flexibility index (Phi) is 9.89. The van der Waals surface area contributed by atoms with Crippen molar-refractivity contribution in [3.8, 4) is 61.3 Å². The Balaban J connectivity index is 0.935. The smallest absolute Gasteiger partial charge is 0.0547 e. The van der Waals surface area contributed by atoms with Crippen molar-refractivity contribution in [2.75, 3.05) is 4.90 Å². The van der Waals surface area contributed by atoms with E-state index in [4.69, 9.17) is 0 Å². The highest BCUT2D eigenvalue weighted by molar-refractivity contribution is 6.13. The molecule has 310 valence electrons. The average molecular weight is 841 g/mol. The number of hydrogen-bond acceptors (Lipinski definition) is 1. The molecule has 0 fully saturated rings. The Morgan fingerprint density at radius 2 is 0.667 bits per heavy atom. The fourth-order valence-electron chi connectivity index (χ4n) is 9.72. The van der Waals surface area contributed by atoms with E-state index in [9.17, 15) is 0 Å². The van der Waals surface area contributed by atoms with Crippen molar-refractivity contribution in [2.45, 2.75) is 0 Å². The van der Waals surface area contributed by atoms with E-state index in [1.165, 1.54) is 82.6 Å².